The lowest BCUT2D eigenvalue weighted by Crippen LogP contribution is -2.50. The first-order valence-electron chi connectivity index (χ1n) is 9.18. The number of rotatable bonds is 4. The summed E-state index contributed by atoms with van der Waals surface area (Å²) in [5.74, 6) is 0.538. The van der Waals surface area contributed by atoms with E-state index in [1.165, 1.54) is 5.56 Å². The summed E-state index contributed by atoms with van der Waals surface area (Å²) in [5, 5.41) is 0. The van der Waals surface area contributed by atoms with Gasteiger partial charge >= 0.3 is 0 Å². The highest BCUT2D eigenvalue weighted by Crippen LogP contribution is 2.20. The van der Waals surface area contributed by atoms with E-state index in [0.717, 1.165) is 6.42 Å². The predicted molar refractivity (Wildman–Crippen MR) is 101 cm³/mol. The van der Waals surface area contributed by atoms with Gasteiger partial charge in [0.25, 0.3) is 11.8 Å². The summed E-state index contributed by atoms with van der Waals surface area (Å²) in [5.41, 5.74) is 2.61. The number of hydrogen-bond acceptors (Lipinski definition) is 3. The molecule has 1 unspecified atom stereocenters. The summed E-state index contributed by atoms with van der Waals surface area (Å²) < 4.78 is 0. The van der Waals surface area contributed by atoms with Gasteiger partial charge in [-0.2, -0.15) is 0 Å². The Morgan fingerprint density at radius 1 is 0.885 bits per heavy atom. The Hall–Kier alpha value is -2.69. The predicted octanol–water partition coefficient (Wildman–Crippen LogP) is 3.19. The molecule has 2 aromatic rings. The molecule has 2 heterocycles. The molecule has 136 valence electrons. The van der Waals surface area contributed by atoms with E-state index in [0.29, 0.717) is 43.2 Å². The van der Waals surface area contributed by atoms with Crippen molar-refractivity contribution in [3.63, 3.8) is 0 Å². The third kappa shape index (κ3) is 3.93. The van der Waals surface area contributed by atoms with E-state index in [4.69, 9.17) is 0 Å². The second-order valence-corrected chi connectivity index (χ2v) is 6.75. The number of benzene rings is 1. The number of pyridine rings is 1. The quantitative estimate of drug-likeness (QED) is 0.850. The van der Waals surface area contributed by atoms with Gasteiger partial charge in [0.1, 0.15) is 0 Å². The Kier molecular flexibility index (Phi) is 5.66. The second kappa shape index (κ2) is 8.13. The minimum atomic E-state index is -0.00240. The fourth-order valence-electron chi connectivity index (χ4n) is 3.16. The summed E-state index contributed by atoms with van der Waals surface area (Å²) in [6.45, 7) is 6.58. The lowest BCUT2D eigenvalue weighted by Gasteiger charge is -2.35. The molecule has 2 amide bonds. The van der Waals surface area contributed by atoms with Gasteiger partial charge in [-0.3, -0.25) is 14.6 Å². The number of carbonyl (C=O) groups excluding carboxylic acids is 2. The summed E-state index contributed by atoms with van der Waals surface area (Å²) >= 11 is 0. The Morgan fingerprint density at radius 2 is 1.35 bits per heavy atom. The van der Waals surface area contributed by atoms with Crippen LogP contribution in [0.5, 0.6) is 0 Å². The number of piperazine rings is 1. The van der Waals surface area contributed by atoms with Crippen LogP contribution in [0, 0.1) is 0 Å². The van der Waals surface area contributed by atoms with E-state index >= 15 is 0 Å². The maximum atomic E-state index is 12.7. The van der Waals surface area contributed by atoms with Gasteiger partial charge in [0, 0.05) is 49.7 Å². The van der Waals surface area contributed by atoms with Gasteiger partial charge in [-0.1, -0.05) is 26.0 Å². The van der Waals surface area contributed by atoms with Crippen LogP contribution in [0.1, 0.15) is 52.5 Å². The zero-order valence-electron chi connectivity index (χ0n) is 15.4. The van der Waals surface area contributed by atoms with Crippen molar-refractivity contribution in [3.8, 4) is 0 Å². The molecule has 0 spiro atoms. The summed E-state index contributed by atoms with van der Waals surface area (Å²) in [6, 6.07) is 11.4. The van der Waals surface area contributed by atoms with Crippen LogP contribution in [0.25, 0.3) is 0 Å². The van der Waals surface area contributed by atoms with Crippen LogP contribution in [-0.4, -0.2) is 52.8 Å². The highest BCUT2D eigenvalue weighted by atomic mass is 16.2. The van der Waals surface area contributed by atoms with Gasteiger partial charge in [0.2, 0.25) is 0 Å². The minimum Gasteiger partial charge on any atom is -0.335 e. The van der Waals surface area contributed by atoms with Crippen LogP contribution < -0.4 is 0 Å². The van der Waals surface area contributed by atoms with Gasteiger partial charge in [-0.25, -0.2) is 0 Å². The van der Waals surface area contributed by atoms with Crippen molar-refractivity contribution in [1.29, 1.82) is 0 Å². The van der Waals surface area contributed by atoms with Crippen LogP contribution in [0.2, 0.25) is 0 Å². The molecule has 1 aromatic heterocycles. The van der Waals surface area contributed by atoms with E-state index in [1.807, 2.05) is 29.2 Å². The smallest absolute Gasteiger partial charge is 0.254 e. The lowest BCUT2D eigenvalue weighted by molar-refractivity contribution is 0.0535. The fourth-order valence-corrected chi connectivity index (χ4v) is 3.16. The highest BCUT2D eigenvalue weighted by Gasteiger charge is 2.25. The van der Waals surface area contributed by atoms with Crippen molar-refractivity contribution in [2.45, 2.75) is 26.2 Å². The number of hydrogen-bond donors (Lipinski definition) is 0. The van der Waals surface area contributed by atoms with Crippen molar-refractivity contribution in [3.05, 3.63) is 65.5 Å². The van der Waals surface area contributed by atoms with E-state index in [9.17, 15) is 9.59 Å². The van der Waals surface area contributed by atoms with Crippen molar-refractivity contribution in [2.75, 3.05) is 26.2 Å². The molecule has 0 radical (unpaired) electrons. The van der Waals surface area contributed by atoms with Gasteiger partial charge < -0.3 is 9.80 Å². The zero-order chi connectivity index (χ0) is 18.5. The maximum Gasteiger partial charge on any atom is 0.254 e. The molecule has 1 atom stereocenters. The first-order valence-corrected chi connectivity index (χ1v) is 9.18. The standard InChI is InChI=1S/C21H25N3O2/c1-3-16(2)17-4-6-18(7-5-17)20(25)23-12-14-24(15-13-23)21(26)19-8-10-22-11-9-19/h4-11,16H,3,12-15H2,1-2H3. The van der Waals surface area contributed by atoms with Crippen molar-refractivity contribution < 1.29 is 9.59 Å². The van der Waals surface area contributed by atoms with Gasteiger partial charge in [0.05, 0.1) is 0 Å². The Morgan fingerprint density at radius 3 is 1.81 bits per heavy atom. The molecular formula is C21H25N3O2. The molecule has 0 saturated carbocycles. The van der Waals surface area contributed by atoms with E-state index in [1.54, 1.807) is 29.4 Å². The van der Waals surface area contributed by atoms with Crippen molar-refractivity contribution in [1.82, 2.24) is 14.8 Å². The topological polar surface area (TPSA) is 53.5 Å². The summed E-state index contributed by atoms with van der Waals surface area (Å²) in [4.78, 5) is 32.7. The van der Waals surface area contributed by atoms with Crippen molar-refractivity contribution in [2.24, 2.45) is 0 Å². The average Bonchev–Trinajstić information content (AvgIpc) is 2.73. The molecule has 1 saturated heterocycles. The maximum absolute atomic E-state index is 12.7. The van der Waals surface area contributed by atoms with Crippen LogP contribution in [0.15, 0.2) is 48.8 Å². The molecule has 0 bridgehead atoms. The molecule has 0 N–H and O–H groups in total. The van der Waals surface area contributed by atoms with Crippen LogP contribution in [0.3, 0.4) is 0 Å². The molecular weight excluding hydrogens is 326 g/mol. The second-order valence-electron chi connectivity index (χ2n) is 6.75. The fraction of sp³-hybridized carbons (Fsp3) is 0.381. The number of amides is 2. The Bertz CT molecular complexity index is 751. The third-order valence-corrected chi connectivity index (χ3v) is 5.12. The zero-order valence-corrected chi connectivity index (χ0v) is 15.4. The molecule has 0 aliphatic carbocycles. The molecule has 1 fully saturated rings. The molecule has 5 nitrogen and oxygen atoms in total. The van der Waals surface area contributed by atoms with Gasteiger partial charge in [-0.15, -0.1) is 0 Å². The largest absolute Gasteiger partial charge is 0.335 e. The van der Waals surface area contributed by atoms with Crippen molar-refractivity contribution >= 4 is 11.8 Å². The number of carbonyl (C=O) groups is 2. The first kappa shape index (κ1) is 18.1. The number of nitrogens with zero attached hydrogens (tertiary/aromatic N) is 3. The lowest BCUT2D eigenvalue weighted by atomic mass is 9.97. The SMILES string of the molecule is CCC(C)c1ccc(C(=O)N2CCN(C(=O)c3ccncc3)CC2)cc1. The van der Waals surface area contributed by atoms with E-state index < -0.39 is 0 Å². The normalized spacial score (nSPS) is 15.6. The van der Waals surface area contributed by atoms with Crippen LogP contribution in [0.4, 0.5) is 0 Å². The third-order valence-electron chi connectivity index (χ3n) is 5.12. The first-order chi connectivity index (χ1) is 12.6. The molecule has 3 rings (SSSR count). The average molecular weight is 351 g/mol. The van der Waals surface area contributed by atoms with Gasteiger partial charge in [0.15, 0.2) is 0 Å². The Balaban J connectivity index is 1.59. The molecule has 26 heavy (non-hydrogen) atoms. The van der Waals surface area contributed by atoms with Gasteiger partial charge in [-0.05, 0) is 42.2 Å². The van der Waals surface area contributed by atoms with Crippen LogP contribution in [-0.2, 0) is 0 Å². The highest BCUT2D eigenvalue weighted by molar-refractivity contribution is 5.96. The number of aromatic nitrogens is 1. The monoisotopic (exact) mass is 351 g/mol. The van der Waals surface area contributed by atoms with E-state index in [2.05, 4.69) is 18.8 Å². The summed E-state index contributed by atoms with van der Waals surface area (Å²) in [7, 11) is 0. The Labute approximate surface area is 154 Å². The molecule has 1 aliphatic rings. The van der Waals surface area contributed by atoms with Crippen LogP contribution >= 0.6 is 0 Å². The molecule has 5 heteroatoms. The minimum absolute atomic E-state index is 0.00240. The molecule has 1 aliphatic heterocycles. The van der Waals surface area contributed by atoms with E-state index in [-0.39, 0.29) is 11.8 Å². The molecule has 1 aromatic carbocycles. The summed E-state index contributed by atoms with van der Waals surface area (Å²) in [6.07, 6.45) is 4.33.